The Hall–Kier alpha value is -1.03. The van der Waals surface area contributed by atoms with Crippen molar-refractivity contribution in [3.63, 3.8) is 0 Å². The Morgan fingerprint density at radius 1 is 1.40 bits per heavy atom. The average molecular weight is 292 g/mol. The van der Waals surface area contributed by atoms with Crippen molar-refractivity contribution < 1.29 is 0 Å². The first-order valence-electron chi connectivity index (χ1n) is 7.46. The quantitative estimate of drug-likeness (QED) is 0.886. The number of aromatic nitrogens is 1. The molecular weight excluding hydrogens is 270 g/mol. The van der Waals surface area contributed by atoms with Gasteiger partial charge in [-0.1, -0.05) is 36.7 Å². The van der Waals surface area contributed by atoms with Crippen molar-refractivity contribution in [2.45, 2.75) is 19.9 Å². The van der Waals surface area contributed by atoms with Crippen LogP contribution < -0.4 is 5.32 Å². The molecular formula is C16H22ClN3. The number of rotatable bonds is 5. The van der Waals surface area contributed by atoms with E-state index >= 15 is 0 Å². The van der Waals surface area contributed by atoms with Gasteiger partial charge in [0.15, 0.2) is 0 Å². The molecule has 1 aromatic carbocycles. The Morgan fingerprint density at radius 3 is 3.00 bits per heavy atom. The second kappa shape index (κ2) is 6.17. The van der Waals surface area contributed by atoms with Gasteiger partial charge in [0.2, 0.25) is 0 Å². The number of likely N-dealkylation sites (tertiary alicyclic amines) is 1. The van der Waals surface area contributed by atoms with E-state index in [9.17, 15) is 0 Å². The van der Waals surface area contributed by atoms with Crippen LogP contribution in [-0.2, 0) is 6.54 Å². The molecule has 1 atom stereocenters. The maximum absolute atomic E-state index is 6.42. The van der Waals surface area contributed by atoms with E-state index in [2.05, 4.69) is 34.3 Å². The molecule has 20 heavy (non-hydrogen) atoms. The van der Waals surface area contributed by atoms with Crippen molar-refractivity contribution in [3.8, 4) is 0 Å². The van der Waals surface area contributed by atoms with Crippen molar-refractivity contribution in [2.24, 2.45) is 5.92 Å². The number of H-pyrrole nitrogens is 1. The fourth-order valence-corrected chi connectivity index (χ4v) is 3.33. The first kappa shape index (κ1) is 13.9. The van der Waals surface area contributed by atoms with Crippen LogP contribution in [0.15, 0.2) is 24.3 Å². The van der Waals surface area contributed by atoms with E-state index in [4.69, 9.17) is 11.6 Å². The summed E-state index contributed by atoms with van der Waals surface area (Å²) in [6.07, 6.45) is 1.31. The van der Waals surface area contributed by atoms with Crippen molar-refractivity contribution in [1.29, 1.82) is 0 Å². The summed E-state index contributed by atoms with van der Waals surface area (Å²) in [6.45, 7) is 7.77. The summed E-state index contributed by atoms with van der Waals surface area (Å²) in [5, 5.41) is 5.52. The summed E-state index contributed by atoms with van der Waals surface area (Å²) in [6, 6.07) is 8.19. The Morgan fingerprint density at radius 2 is 2.25 bits per heavy atom. The highest BCUT2D eigenvalue weighted by molar-refractivity contribution is 6.36. The van der Waals surface area contributed by atoms with Crippen LogP contribution in [0.4, 0.5) is 0 Å². The minimum absolute atomic E-state index is 0.776. The summed E-state index contributed by atoms with van der Waals surface area (Å²) >= 11 is 6.42. The number of halogens is 1. The van der Waals surface area contributed by atoms with E-state index < -0.39 is 0 Å². The highest BCUT2D eigenvalue weighted by Crippen LogP contribution is 2.27. The van der Waals surface area contributed by atoms with Crippen molar-refractivity contribution in [1.82, 2.24) is 15.2 Å². The third-order valence-corrected chi connectivity index (χ3v) is 4.70. The van der Waals surface area contributed by atoms with Gasteiger partial charge in [-0.3, -0.25) is 0 Å². The second-order valence-electron chi connectivity index (χ2n) is 5.64. The summed E-state index contributed by atoms with van der Waals surface area (Å²) in [5.41, 5.74) is 2.21. The Kier molecular flexibility index (Phi) is 4.29. The van der Waals surface area contributed by atoms with E-state index in [0.29, 0.717) is 0 Å². The zero-order valence-corrected chi connectivity index (χ0v) is 12.7. The Labute approximate surface area is 125 Å². The van der Waals surface area contributed by atoms with E-state index in [1.807, 2.05) is 12.1 Å². The predicted octanol–water partition coefficient (Wildman–Crippen LogP) is 3.25. The number of hydrogen-bond donors (Lipinski definition) is 2. The molecule has 0 aliphatic carbocycles. The molecule has 3 nitrogen and oxygen atoms in total. The van der Waals surface area contributed by atoms with Crippen molar-refractivity contribution in [2.75, 3.05) is 26.2 Å². The lowest BCUT2D eigenvalue weighted by Crippen LogP contribution is -2.26. The third-order valence-electron chi connectivity index (χ3n) is 4.27. The summed E-state index contributed by atoms with van der Waals surface area (Å²) in [7, 11) is 0. The van der Waals surface area contributed by atoms with Gasteiger partial charge in [-0.2, -0.15) is 0 Å². The Balaban J connectivity index is 1.56. The number of para-hydroxylation sites is 1. The number of benzene rings is 1. The van der Waals surface area contributed by atoms with Gasteiger partial charge in [0, 0.05) is 29.7 Å². The minimum atomic E-state index is 0.776. The highest BCUT2D eigenvalue weighted by Gasteiger charge is 2.20. The van der Waals surface area contributed by atoms with E-state index in [1.54, 1.807) is 0 Å². The summed E-state index contributed by atoms with van der Waals surface area (Å²) < 4.78 is 0. The van der Waals surface area contributed by atoms with Crippen LogP contribution in [0, 0.1) is 5.92 Å². The second-order valence-corrected chi connectivity index (χ2v) is 6.02. The molecule has 2 heterocycles. The normalized spacial score (nSPS) is 20.0. The molecule has 3 rings (SSSR count). The van der Waals surface area contributed by atoms with Gasteiger partial charge >= 0.3 is 0 Å². The number of nitrogens with one attached hydrogen (secondary N) is 2. The van der Waals surface area contributed by atoms with Gasteiger partial charge in [-0.05, 0) is 38.0 Å². The molecule has 0 saturated carbocycles. The van der Waals surface area contributed by atoms with Crippen molar-refractivity contribution in [3.05, 3.63) is 35.0 Å². The third kappa shape index (κ3) is 2.85. The van der Waals surface area contributed by atoms with Gasteiger partial charge in [0.05, 0.1) is 5.02 Å². The molecule has 0 spiro atoms. The fraction of sp³-hybridized carbons (Fsp3) is 0.500. The fourth-order valence-electron chi connectivity index (χ4n) is 3.05. The zero-order valence-electron chi connectivity index (χ0n) is 12.0. The number of nitrogens with zero attached hydrogens (tertiary/aromatic N) is 1. The summed E-state index contributed by atoms with van der Waals surface area (Å²) in [5.74, 6) is 0.776. The van der Waals surface area contributed by atoms with Crippen LogP contribution >= 0.6 is 11.6 Å². The van der Waals surface area contributed by atoms with Crippen LogP contribution in [0.25, 0.3) is 10.9 Å². The lowest BCUT2D eigenvalue weighted by molar-refractivity contribution is 0.339. The van der Waals surface area contributed by atoms with E-state index in [0.717, 1.165) is 40.6 Å². The Bertz CT molecular complexity index is 578. The molecule has 1 unspecified atom stereocenters. The standard InChI is InChI=1S/C16H22ClN3/c1-2-20-8-7-12(11-20)9-18-10-15-16(17)13-5-3-4-6-14(13)19-15/h3-6,12,18-19H,2,7-11H2,1H3. The number of hydrogen-bond acceptors (Lipinski definition) is 2. The molecule has 2 aromatic rings. The smallest absolute Gasteiger partial charge is 0.0705 e. The lowest BCUT2D eigenvalue weighted by atomic mass is 10.1. The molecule has 2 N–H and O–H groups in total. The molecule has 0 radical (unpaired) electrons. The molecule has 1 aromatic heterocycles. The highest BCUT2D eigenvalue weighted by atomic mass is 35.5. The molecule has 0 amide bonds. The lowest BCUT2D eigenvalue weighted by Gasteiger charge is -2.13. The van der Waals surface area contributed by atoms with Crippen LogP contribution in [0.2, 0.25) is 5.02 Å². The molecule has 0 bridgehead atoms. The van der Waals surface area contributed by atoms with Crippen LogP contribution in [0.5, 0.6) is 0 Å². The topological polar surface area (TPSA) is 31.1 Å². The predicted molar refractivity (Wildman–Crippen MR) is 85.2 cm³/mol. The number of aromatic amines is 1. The zero-order chi connectivity index (χ0) is 13.9. The van der Waals surface area contributed by atoms with Gasteiger partial charge in [0.1, 0.15) is 0 Å². The monoisotopic (exact) mass is 291 g/mol. The van der Waals surface area contributed by atoms with Crippen LogP contribution in [0.1, 0.15) is 19.0 Å². The van der Waals surface area contributed by atoms with E-state index in [1.165, 1.54) is 26.1 Å². The van der Waals surface area contributed by atoms with Crippen LogP contribution in [-0.4, -0.2) is 36.1 Å². The number of fused-ring (bicyclic) bond motifs is 1. The molecule has 108 valence electrons. The molecule has 1 aliphatic rings. The first-order valence-corrected chi connectivity index (χ1v) is 7.84. The first-order chi connectivity index (χ1) is 9.78. The molecule has 1 fully saturated rings. The molecule has 1 aliphatic heterocycles. The SMILES string of the molecule is CCN1CCC(CNCc2[nH]c3ccccc3c2Cl)C1. The maximum atomic E-state index is 6.42. The summed E-state index contributed by atoms with van der Waals surface area (Å²) in [4.78, 5) is 5.92. The molecule has 1 saturated heterocycles. The van der Waals surface area contributed by atoms with Gasteiger partial charge in [-0.15, -0.1) is 0 Å². The maximum Gasteiger partial charge on any atom is 0.0705 e. The average Bonchev–Trinajstić information content (AvgIpc) is 3.05. The van der Waals surface area contributed by atoms with E-state index in [-0.39, 0.29) is 0 Å². The van der Waals surface area contributed by atoms with Gasteiger partial charge in [0.25, 0.3) is 0 Å². The largest absolute Gasteiger partial charge is 0.356 e. The van der Waals surface area contributed by atoms with Crippen LogP contribution in [0.3, 0.4) is 0 Å². The molecule has 4 heteroatoms. The van der Waals surface area contributed by atoms with Gasteiger partial charge < -0.3 is 15.2 Å². The minimum Gasteiger partial charge on any atom is -0.356 e. The van der Waals surface area contributed by atoms with Crippen molar-refractivity contribution >= 4 is 22.5 Å². The van der Waals surface area contributed by atoms with Gasteiger partial charge in [-0.25, -0.2) is 0 Å².